The van der Waals surface area contributed by atoms with E-state index in [0.717, 1.165) is 25.9 Å². The Morgan fingerprint density at radius 1 is 1.22 bits per heavy atom. The SMILES string of the molecule is CC1(C)CNCCN1S(=O)(=O)CC1CCCCC1. The van der Waals surface area contributed by atoms with Crippen LogP contribution in [0.1, 0.15) is 46.0 Å². The van der Waals surface area contributed by atoms with E-state index in [1.807, 2.05) is 13.8 Å². The van der Waals surface area contributed by atoms with Gasteiger partial charge in [-0.05, 0) is 32.6 Å². The molecule has 0 aromatic rings. The summed E-state index contributed by atoms with van der Waals surface area (Å²) in [6, 6.07) is 0. The number of nitrogens with one attached hydrogen (secondary N) is 1. The van der Waals surface area contributed by atoms with Gasteiger partial charge in [-0.25, -0.2) is 8.42 Å². The van der Waals surface area contributed by atoms with Gasteiger partial charge >= 0.3 is 0 Å². The highest BCUT2D eigenvalue weighted by Crippen LogP contribution is 2.28. The molecular formula is C13H26N2O2S. The first-order valence-electron chi connectivity index (χ1n) is 7.13. The molecule has 2 rings (SSSR count). The van der Waals surface area contributed by atoms with E-state index in [1.165, 1.54) is 19.3 Å². The Labute approximate surface area is 111 Å². The van der Waals surface area contributed by atoms with Crippen molar-refractivity contribution >= 4 is 10.0 Å². The Balaban J connectivity index is 2.04. The molecular weight excluding hydrogens is 248 g/mol. The van der Waals surface area contributed by atoms with Crippen LogP contribution in [0.4, 0.5) is 0 Å². The average Bonchev–Trinajstić information content (AvgIpc) is 2.28. The zero-order chi connectivity index (χ0) is 13.2. The molecule has 4 nitrogen and oxygen atoms in total. The average molecular weight is 274 g/mol. The smallest absolute Gasteiger partial charge is 0.214 e. The molecule has 5 heteroatoms. The fourth-order valence-corrected chi connectivity index (χ4v) is 5.52. The first kappa shape index (κ1) is 14.3. The second kappa shape index (κ2) is 5.47. The van der Waals surface area contributed by atoms with Gasteiger partial charge in [0.25, 0.3) is 0 Å². The van der Waals surface area contributed by atoms with E-state index in [2.05, 4.69) is 5.32 Å². The molecule has 1 aliphatic heterocycles. The summed E-state index contributed by atoms with van der Waals surface area (Å²) in [5.41, 5.74) is -0.286. The van der Waals surface area contributed by atoms with Crippen molar-refractivity contribution in [3.05, 3.63) is 0 Å². The maximum atomic E-state index is 12.6. The molecule has 0 radical (unpaired) electrons. The zero-order valence-corrected chi connectivity index (χ0v) is 12.4. The van der Waals surface area contributed by atoms with Gasteiger partial charge in [0.2, 0.25) is 10.0 Å². The Morgan fingerprint density at radius 2 is 1.89 bits per heavy atom. The summed E-state index contributed by atoms with van der Waals surface area (Å²) in [4.78, 5) is 0. The highest BCUT2D eigenvalue weighted by atomic mass is 32.2. The Hall–Kier alpha value is -0.130. The van der Waals surface area contributed by atoms with Gasteiger partial charge in [0, 0.05) is 25.2 Å². The molecule has 0 unspecified atom stereocenters. The van der Waals surface area contributed by atoms with Gasteiger partial charge in [0.1, 0.15) is 0 Å². The van der Waals surface area contributed by atoms with Crippen LogP contribution in [0.3, 0.4) is 0 Å². The van der Waals surface area contributed by atoms with Gasteiger partial charge < -0.3 is 5.32 Å². The van der Waals surface area contributed by atoms with Crippen LogP contribution in [-0.4, -0.2) is 43.6 Å². The fraction of sp³-hybridized carbons (Fsp3) is 1.00. The summed E-state index contributed by atoms with van der Waals surface area (Å²) in [6.45, 7) is 6.15. The normalized spacial score (nSPS) is 27.2. The third-order valence-electron chi connectivity index (χ3n) is 4.23. The minimum absolute atomic E-state index is 0.286. The molecule has 1 heterocycles. The van der Waals surface area contributed by atoms with Gasteiger partial charge in [-0.1, -0.05) is 19.3 Å². The first-order valence-corrected chi connectivity index (χ1v) is 8.74. The highest BCUT2D eigenvalue weighted by Gasteiger charge is 2.39. The van der Waals surface area contributed by atoms with Gasteiger partial charge in [-0.2, -0.15) is 4.31 Å². The summed E-state index contributed by atoms with van der Waals surface area (Å²) in [5.74, 6) is 0.741. The molecule has 0 aromatic carbocycles. The third-order valence-corrected chi connectivity index (χ3v) is 6.47. The van der Waals surface area contributed by atoms with E-state index in [1.54, 1.807) is 4.31 Å². The number of piperazine rings is 1. The lowest BCUT2D eigenvalue weighted by atomic mass is 9.91. The minimum atomic E-state index is -3.10. The van der Waals surface area contributed by atoms with Crippen LogP contribution in [0.2, 0.25) is 0 Å². The molecule has 106 valence electrons. The van der Waals surface area contributed by atoms with Crippen LogP contribution in [0.25, 0.3) is 0 Å². The van der Waals surface area contributed by atoms with Crippen molar-refractivity contribution in [1.29, 1.82) is 0 Å². The lowest BCUT2D eigenvalue weighted by molar-refractivity contribution is 0.184. The quantitative estimate of drug-likeness (QED) is 0.850. The molecule has 0 spiro atoms. The summed E-state index contributed by atoms with van der Waals surface area (Å²) >= 11 is 0. The lowest BCUT2D eigenvalue weighted by Gasteiger charge is -2.42. The second-order valence-electron chi connectivity index (χ2n) is 6.34. The standard InChI is InChI=1S/C13H26N2O2S/c1-13(2)11-14-8-9-15(13)18(16,17)10-12-6-4-3-5-7-12/h12,14H,3-11H2,1-2H3. The van der Waals surface area contributed by atoms with E-state index in [4.69, 9.17) is 0 Å². The predicted octanol–water partition coefficient (Wildman–Crippen LogP) is 1.58. The van der Waals surface area contributed by atoms with Crippen LogP contribution >= 0.6 is 0 Å². The molecule has 18 heavy (non-hydrogen) atoms. The number of nitrogens with zero attached hydrogens (tertiary/aromatic N) is 1. The van der Waals surface area contributed by atoms with Crippen molar-refractivity contribution in [2.24, 2.45) is 5.92 Å². The van der Waals surface area contributed by atoms with Gasteiger partial charge in [0.05, 0.1) is 5.75 Å². The van der Waals surface area contributed by atoms with Crippen molar-refractivity contribution in [2.75, 3.05) is 25.4 Å². The molecule has 1 saturated heterocycles. The van der Waals surface area contributed by atoms with E-state index >= 15 is 0 Å². The van der Waals surface area contributed by atoms with Gasteiger partial charge in [-0.15, -0.1) is 0 Å². The molecule has 0 amide bonds. The predicted molar refractivity (Wildman–Crippen MR) is 74.0 cm³/mol. The third kappa shape index (κ3) is 3.25. The summed E-state index contributed by atoms with van der Waals surface area (Å²) in [7, 11) is -3.10. The molecule has 0 atom stereocenters. The zero-order valence-electron chi connectivity index (χ0n) is 11.6. The number of rotatable bonds is 3. The monoisotopic (exact) mass is 274 g/mol. The van der Waals surface area contributed by atoms with Crippen LogP contribution in [-0.2, 0) is 10.0 Å². The van der Waals surface area contributed by atoms with E-state index in [0.29, 0.717) is 18.2 Å². The molecule has 2 aliphatic rings. The Morgan fingerprint density at radius 3 is 2.50 bits per heavy atom. The topological polar surface area (TPSA) is 49.4 Å². The summed E-state index contributed by atoms with van der Waals surface area (Å²) in [5, 5.41) is 3.27. The van der Waals surface area contributed by atoms with Gasteiger partial charge in [-0.3, -0.25) is 0 Å². The molecule has 1 saturated carbocycles. The number of hydrogen-bond acceptors (Lipinski definition) is 3. The van der Waals surface area contributed by atoms with Crippen molar-refractivity contribution < 1.29 is 8.42 Å². The molecule has 1 N–H and O–H groups in total. The van der Waals surface area contributed by atoms with Crippen molar-refractivity contribution in [1.82, 2.24) is 9.62 Å². The van der Waals surface area contributed by atoms with E-state index < -0.39 is 10.0 Å². The largest absolute Gasteiger partial charge is 0.314 e. The first-order chi connectivity index (χ1) is 8.42. The molecule has 0 bridgehead atoms. The molecule has 2 fully saturated rings. The Bertz CT molecular complexity index is 372. The van der Waals surface area contributed by atoms with Crippen LogP contribution in [0.15, 0.2) is 0 Å². The van der Waals surface area contributed by atoms with Crippen molar-refractivity contribution in [2.45, 2.75) is 51.5 Å². The Kier molecular flexibility index (Phi) is 4.34. The summed E-state index contributed by atoms with van der Waals surface area (Å²) < 4.78 is 26.9. The van der Waals surface area contributed by atoms with Crippen molar-refractivity contribution in [3.8, 4) is 0 Å². The van der Waals surface area contributed by atoms with Crippen LogP contribution in [0, 0.1) is 5.92 Å². The second-order valence-corrected chi connectivity index (χ2v) is 8.28. The summed E-state index contributed by atoms with van der Waals surface area (Å²) in [6.07, 6.45) is 5.85. The minimum Gasteiger partial charge on any atom is -0.314 e. The van der Waals surface area contributed by atoms with Crippen molar-refractivity contribution in [3.63, 3.8) is 0 Å². The lowest BCUT2D eigenvalue weighted by Crippen LogP contribution is -2.60. The fourth-order valence-electron chi connectivity index (χ4n) is 3.22. The maximum Gasteiger partial charge on any atom is 0.214 e. The van der Waals surface area contributed by atoms with E-state index in [-0.39, 0.29) is 5.54 Å². The van der Waals surface area contributed by atoms with Crippen LogP contribution < -0.4 is 5.32 Å². The van der Waals surface area contributed by atoms with E-state index in [9.17, 15) is 8.42 Å². The highest BCUT2D eigenvalue weighted by molar-refractivity contribution is 7.89. The molecule has 1 aliphatic carbocycles. The maximum absolute atomic E-state index is 12.6. The number of sulfonamides is 1. The van der Waals surface area contributed by atoms with Crippen LogP contribution in [0.5, 0.6) is 0 Å². The molecule has 0 aromatic heterocycles. The number of hydrogen-bond donors (Lipinski definition) is 1. The van der Waals surface area contributed by atoms with Gasteiger partial charge in [0.15, 0.2) is 0 Å².